The highest BCUT2D eigenvalue weighted by Crippen LogP contribution is 2.26. The Kier molecular flexibility index (Phi) is 6.37. The minimum Gasteiger partial charge on any atom is -0.327 e. The molecule has 11 heteroatoms. The predicted molar refractivity (Wildman–Crippen MR) is 107 cm³/mol. The number of imidazole rings is 1. The lowest BCUT2D eigenvalue weighted by Crippen LogP contribution is -2.22. The van der Waals surface area contributed by atoms with Crippen LogP contribution in [0.2, 0.25) is 0 Å². The fourth-order valence-electron chi connectivity index (χ4n) is 2.81. The maximum Gasteiger partial charge on any atom is 0.330 e. The van der Waals surface area contributed by atoms with Crippen LogP contribution < -0.4 is 11.4 Å². The van der Waals surface area contributed by atoms with Gasteiger partial charge in [-0.3, -0.25) is 9.13 Å². The van der Waals surface area contributed by atoms with E-state index in [2.05, 4.69) is 9.97 Å². The number of benzene rings is 1. The highest BCUT2D eigenvalue weighted by atomic mass is 35.5. The van der Waals surface area contributed by atoms with Gasteiger partial charge in [0.2, 0.25) is 0 Å². The third kappa shape index (κ3) is 3.98. The standard InChI is InChI=1S/C17H18FN5O3S.ClH/c1-22-15-14(11-4-3-5-13(8-11)27(2,25)26)20-10-21-16(15)23(17(22)24)9-12(18)6-7-19;/h3-6,8,10H,7,9,19H2,1-2H3;1H/b12-6-;. The molecule has 0 aliphatic carbocycles. The quantitative estimate of drug-likeness (QED) is 0.659. The molecule has 0 saturated heterocycles. The number of aryl methyl sites for hydroxylation is 1. The topological polar surface area (TPSA) is 113 Å². The first-order valence-corrected chi connectivity index (χ1v) is 9.88. The van der Waals surface area contributed by atoms with Gasteiger partial charge in [0, 0.05) is 25.4 Å². The lowest BCUT2D eigenvalue weighted by molar-refractivity contribution is 0.546. The summed E-state index contributed by atoms with van der Waals surface area (Å²) in [5, 5.41) is 0. The molecule has 0 fully saturated rings. The van der Waals surface area contributed by atoms with Crippen molar-refractivity contribution < 1.29 is 12.8 Å². The maximum atomic E-state index is 13.9. The van der Waals surface area contributed by atoms with Crippen LogP contribution in [0.3, 0.4) is 0 Å². The van der Waals surface area contributed by atoms with Gasteiger partial charge in [0.15, 0.2) is 15.5 Å². The van der Waals surface area contributed by atoms with Gasteiger partial charge in [-0.1, -0.05) is 12.1 Å². The molecular weight excluding hydrogens is 409 g/mol. The van der Waals surface area contributed by atoms with Crippen LogP contribution in [0.5, 0.6) is 0 Å². The highest BCUT2D eigenvalue weighted by Gasteiger charge is 2.19. The van der Waals surface area contributed by atoms with Crippen molar-refractivity contribution in [1.82, 2.24) is 19.1 Å². The van der Waals surface area contributed by atoms with Gasteiger partial charge in [0.1, 0.15) is 17.7 Å². The molecule has 150 valence electrons. The molecule has 0 atom stereocenters. The van der Waals surface area contributed by atoms with Crippen LogP contribution in [-0.2, 0) is 23.4 Å². The van der Waals surface area contributed by atoms with Crippen LogP contribution in [0, 0.1) is 0 Å². The Bertz CT molecular complexity index is 1220. The summed E-state index contributed by atoms with van der Waals surface area (Å²) < 4.78 is 40.1. The van der Waals surface area contributed by atoms with Gasteiger partial charge in [-0.2, -0.15) is 0 Å². The normalized spacial score (nSPS) is 12.2. The molecule has 0 aliphatic heterocycles. The van der Waals surface area contributed by atoms with E-state index in [1.165, 1.54) is 40.7 Å². The smallest absolute Gasteiger partial charge is 0.327 e. The number of allylic oxidation sites excluding steroid dienone is 1. The lowest BCUT2D eigenvalue weighted by atomic mass is 10.1. The number of aromatic nitrogens is 4. The van der Waals surface area contributed by atoms with Gasteiger partial charge in [0.05, 0.1) is 17.1 Å². The van der Waals surface area contributed by atoms with Crippen molar-refractivity contribution >= 4 is 33.4 Å². The Morgan fingerprint density at radius 1 is 1.32 bits per heavy atom. The summed E-state index contributed by atoms with van der Waals surface area (Å²) in [6.45, 7) is -0.281. The van der Waals surface area contributed by atoms with Gasteiger partial charge in [-0.05, 0) is 18.2 Å². The molecule has 28 heavy (non-hydrogen) atoms. The van der Waals surface area contributed by atoms with E-state index in [0.717, 1.165) is 6.26 Å². The monoisotopic (exact) mass is 427 g/mol. The molecule has 0 aliphatic rings. The third-order valence-electron chi connectivity index (χ3n) is 4.10. The molecule has 3 rings (SSSR count). The van der Waals surface area contributed by atoms with E-state index in [1.54, 1.807) is 12.1 Å². The number of hydrogen-bond donors (Lipinski definition) is 1. The fourth-order valence-corrected chi connectivity index (χ4v) is 3.48. The van der Waals surface area contributed by atoms with E-state index in [4.69, 9.17) is 5.73 Å². The Labute approximate surface area is 166 Å². The van der Waals surface area contributed by atoms with Crippen molar-refractivity contribution in [3.05, 3.63) is 53.0 Å². The predicted octanol–water partition coefficient (Wildman–Crippen LogP) is 1.43. The first-order chi connectivity index (χ1) is 12.7. The summed E-state index contributed by atoms with van der Waals surface area (Å²) in [4.78, 5) is 21.1. The van der Waals surface area contributed by atoms with Crippen molar-refractivity contribution in [2.45, 2.75) is 11.4 Å². The minimum atomic E-state index is -3.41. The number of halogens is 2. The van der Waals surface area contributed by atoms with Crippen molar-refractivity contribution in [1.29, 1.82) is 0 Å². The zero-order valence-electron chi connectivity index (χ0n) is 15.2. The Balaban J connectivity index is 0.00000280. The van der Waals surface area contributed by atoms with E-state index in [9.17, 15) is 17.6 Å². The van der Waals surface area contributed by atoms with Crippen LogP contribution in [0.25, 0.3) is 22.4 Å². The van der Waals surface area contributed by atoms with Gasteiger partial charge in [-0.25, -0.2) is 27.6 Å². The molecule has 0 unspecified atom stereocenters. The number of hydrogen-bond acceptors (Lipinski definition) is 6. The Morgan fingerprint density at radius 2 is 2.04 bits per heavy atom. The number of nitrogens with zero attached hydrogens (tertiary/aromatic N) is 4. The van der Waals surface area contributed by atoms with Crippen LogP contribution >= 0.6 is 12.4 Å². The molecule has 0 amide bonds. The van der Waals surface area contributed by atoms with E-state index < -0.39 is 21.4 Å². The summed E-state index contributed by atoms with van der Waals surface area (Å²) in [6.07, 6.45) is 3.55. The molecule has 0 spiro atoms. The van der Waals surface area contributed by atoms with Crippen LogP contribution in [0.4, 0.5) is 4.39 Å². The van der Waals surface area contributed by atoms with Gasteiger partial charge < -0.3 is 5.73 Å². The van der Waals surface area contributed by atoms with Crippen molar-refractivity contribution in [2.75, 3.05) is 12.8 Å². The minimum absolute atomic E-state index is 0. The third-order valence-corrected chi connectivity index (χ3v) is 5.21. The van der Waals surface area contributed by atoms with Gasteiger partial charge in [0.25, 0.3) is 0 Å². The summed E-state index contributed by atoms with van der Waals surface area (Å²) in [7, 11) is -1.88. The Morgan fingerprint density at radius 3 is 2.68 bits per heavy atom. The molecular formula is C17H19ClFN5O3S. The second kappa shape index (κ2) is 8.21. The number of sulfone groups is 1. The van der Waals surface area contributed by atoms with Crippen LogP contribution in [-0.4, -0.2) is 40.3 Å². The maximum absolute atomic E-state index is 13.9. The molecule has 0 saturated carbocycles. The summed E-state index contributed by atoms with van der Waals surface area (Å²) in [6, 6.07) is 6.24. The molecule has 2 aromatic heterocycles. The SMILES string of the molecule is Cl.Cn1c(=O)n(C/C(F)=C/CN)c2ncnc(-c3cccc(S(C)(=O)=O)c3)c21. The van der Waals surface area contributed by atoms with E-state index >= 15 is 0 Å². The molecule has 8 nitrogen and oxygen atoms in total. The van der Waals surface area contributed by atoms with Crippen LogP contribution in [0.15, 0.2) is 52.2 Å². The molecule has 1 aromatic carbocycles. The van der Waals surface area contributed by atoms with Crippen molar-refractivity contribution in [3.8, 4) is 11.3 Å². The molecule has 0 bridgehead atoms. The summed E-state index contributed by atoms with van der Waals surface area (Å²) in [5.74, 6) is -0.550. The molecule has 0 radical (unpaired) electrons. The zero-order valence-corrected chi connectivity index (χ0v) is 16.8. The summed E-state index contributed by atoms with van der Waals surface area (Å²) in [5.41, 5.74) is 6.36. The van der Waals surface area contributed by atoms with Crippen LogP contribution in [0.1, 0.15) is 0 Å². The highest BCUT2D eigenvalue weighted by molar-refractivity contribution is 7.90. The number of rotatable bonds is 5. The fraction of sp³-hybridized carbons (Fsp3) is 0.235. The van der Waals surface area contributed by atoms with Crippen molar-refractivity contribution in [3.63, 3.8) is 0 Å². The van der Waals surface area contributed by atoms with Crippen molar-refractivity contribution in [2.24, 2.45) is 12.8 Å². The Hall–Kier alpha value is -2.56. The van der Waals surface area contributed by atoms with E-state index in [1.807, 2.05) is 0 Å². The molecule has 2 heterocycles. The van der Waals surface area contributed by atoms with E-state index in [-0.39, 0.29) is 36.0 Å². The number of fused-ring (bicyclic) bond motifs is 1. The average Bonchev–Trinajstić information content (AvgIpc) is 2.86. The van der Waals surface area contributed by atoms with Gasteiger partial charge >= 0.3 is 5.69 Å². The molecule has 3 aromatic rings. The lowest BCUT2D eigenvalue weighted by Gasteiger charge is -2.06. The first kappa shape index (κ1) is 21.7. The first-order valence-electron chi connectivity index (χ1n) is 7.99. The average molecular weight is 428 g/mol. The number of nitrogens with two attached hydrogens (primary N) is 1. The second-order valence-electron chi connectivity index (χ2n) is 6.01. The van der Waals surface area contributed by atoms with Gasteiger partial charge in [-0.15, -0.1) is 12.4 Å². The molecule has 2 N–H and O–H groups in total. The largest absolute Gasteiger partial charge is 0.330 e. The van der Waals surface area contributed by atoms with E-state index in [0.29, 0.717) is 16.8 Å². The zero-order chi connectivity index (χ0) is 19.8. The second-order valence-corrected chi connectivity index (χ2v) is 8.02. The summed E-state index contributed by atoms with van der Waals surface area (Å²) >= 11 is 0.